The molecular weight excluding hydrogens is 241 g/mol. The Labute approximate surface area is 116 Å². The summed E-state index contributed by atoms with van der Waals surface area (Å²) in [6.45, 7) is 11.7. The minimum Gasteiger partial charge on any atom is -0.508 e. The molecule has 0 aromatic heterocycles. The SMILES string of the molecule is CC(NCC(C(C)C)C(C)C)c1cc(F)ccc1O. The first-order valence-electron chi connectivity index (χ1n) is 7.04. The lowest BCUT2D eigenvalue weighted by atomic mass is 9.85. The van der Waals surface area contributed by atoms with Crippen molar-refractivity contribution in [2.24, 2.45) is 17.8 Å². The molecule has 1 rings (SSSR count). The summed E-state index contributed by atoms with van der Waals surface area (Å²) in [5.41, 5.74) is 0.617. The number of benzene rings is 1. The van der Waals surface area contributed by atoms with Crippen molar-refractivity contribution in [3.05, 3.63) is 29.6 Å². The average molecular weight is 267 g/mol. The molecule has 1 atom stereocenters. The second kappa shape index (κ2) is 6.90. The van der Waals surface area contributed by atoms with Gasteiger partial charge < -0.3 is 10.4 Å². The van der Waals surface area contributed by atoms with Crippen LogP contribution in [0.15, 0.2) is 18.2 Å². The molecule has 0 fully saturated rings. The van der Waals surface area contributed by atoms with E-state index in [9.17, 15) is 9.50 Å². The third-order valence-corrected chi connectivity index (χ3v) is 3.83. The topological polar surface area (TPSA) is 32.3 Å². The van der Waals surface area contributed by atoms with Gasteiger partial charge in [-0.3, -0.25) is 0 Å². The van der Waals surface area contributed by atoms with Crippen LogP contribution in [0, 0.1) is 23.6 Å². The Hall–Kier alpha value is -1.09. The molecule has 2 N–H and O–H groups in total. The lowest BCUT2D eigenvalue weighted by molar-refractivity contribution is 0.267. The molecule has 0 bridgehead atoms. The van der Waals surface area contributed by atoms with Gasteiger partial charge >= 0.3 is 0 Å². The quantitative estimate of drug-likeness (QED) is 0.813. The van der Waals surface area contributed by atoms with Crippen LogP contribution in [0.2, 0.25) is 0 Å². The van der Waals surface area contributed by atoms with E-state index in [-0.39, 0.29) is 17.6 Å². The predicted octanol–water partition coefficient (Wildman–Crippen LogP) is 4.11. The minimum absolute atomic E-state index is 0.0595. The molecule has 19 heavy (non-hydrogen) atoms. The number of phenols is 1. The third kappa shape index (κ3) is 4.50. The van der Waals surface area contributed by atoms with Crippen LogP contribution >= 0.6 is 0 Å². The van der Waals surface area contributed by atoms with E-state index >= 15 is 0 Å². The standard InChI is InChI=1S/C16H26FNO/c1-10(2)15(11(3)4)9-18-12(5)14-8-13(17)6-7-16(14)19/h6-8,10-12,15,18-19H,9H2,1-5H3. The zero-order valence-electron chi connectivity index (χ0n) is 12.6. The summed E-state index contributed by atoms with van der Waals surface area (Å²) in [4.78, 5) is 0. The highest BCUT2D eigenvalue weighted by molar-refractivity contribution is 5.34. The van der Waals surface area contributed by atoms with Crippen LogP contribution in [0.4, 0.5) is 4.39 Å². The van der Waals surface area contributed by atoms with Gasteiger partial charge in [-0.1, -0.05) is 27.7 Å². The van der Waals surface area contributed by atoms with E-state index < -0.39 is 0 Å². The van der Waals surface area contributed by atoms with Crippen LogP contribution < -0.4 is 5.32 Å². The first kappa shape index (κ1) is 16.0. The van der Waals surface area contributed by atoms with Crippen LogP contribution in [-0.4, -0.2) is 11.7 Å². The van der Waals surface area contributed by atoms with Crippen LogP contribution in [-0.2, 0) is 0 Å². The molecule has 0 heterocycles. The second-order valence-electron chi connectivity index (χ2n) is 5.98. The molecule has 0 spiro atoms. The van der Waals surface area contributed by atoms with E-state index in [2.05, 4.69) is 33.0 Å². The van der Waals surface area contributed by atoms with E-state index in [1.54, 1.807) is 0 Å². The van der Waals surface area contributed by atoms with Crippen LogP contribution in [0.3, 0.4) is 0 Å². The van der Waals surface area contributed by atoms with Crippen molar-refractivity contribution in [1.29, 1.82) is 0 Å². The summed E-state index contributed by atoms with van der Waals surface area (Å²) in [6, 6.07) is 4.02. The molecule has 0 saturated carbocycles. The Morgan fingerprint density at radius 3 is 2.21 bits per heavy atom. The van der Waals surface area contributed by atoms with E-state index in [4.69, 9.17) is 0 Å². The normalized spacial score (nSPS) is 13.5. The number of halogens is 1. The molecule has 0 aliphatic carbocycles. The van der Waals surface area contributed by atoms with Crippen molar-refractivity contribution in [2.75, 3.05) is 6.54 Å². The smallest absolute Gasteiger partial charge is 0.123 e. The first-order valence-corrected chi connectivity index (χ1v) is 7.04. The molecule has 1 aromatic rings. The third-order valence-electron chi connectivity index (χ3n) is 3.83. The van der Waals surface area contributed by atoms with E-state index in [1.165, 1.54) is 18.2 Å². The Morgan fingerprint density at radius 2 is 1.68 bits per heavy atom. The molecule has 0 radical (unpaired) electrons. The number of phenolic OH excluding ortho intramolecular Hbond substituents is 1. The van der Waals surface area contributed by atoms with Crippen LogP contribution in [0.1, 0.15) is 46.2 Å². The van der Waals surface area contributed by atoms with Gasteiger partial charge in [-0.15, -0.1) is 0 Å². The van der Waals surface area contributed by atoms with Crippen molar-refractivity contribution in [3.8, 4) is 5.75 Å². The van der Waals surface area contributed by atoms with Crippen molar-refractivity contribution < 1.29 is 9.50 Å². The fourth-order valence-electron chi connectivity index (χ4n) is 2.54. The van der Waals surface area contributed by atoms with Gasteiger partial charge in [0.05, 0.1) is 0 Å². The fourth-order valence-corrected chi connectivity index (χ4v) is 2.54. The minimum atomic E-state index is -0.314. The summed E-state index contributed by atoms with van der Waals surface area (Å²) in [7, 11) is 0. The molecule has 108 valence electrons. The summed E-state index contributed by atoms with van der Waals surface area (Å²) >= 11 is 0. The van der Waals surface area contributed by atoms with Crippen LogP contribution in [0.5, 0.6) is 5.75 Å². The molecule has 1 aromatic carbocycles. The van der Waals surface area contributed by atoms with Gasteiger partial charge in [0.2, 0.25) is 0 Å². The van der Waals surface area contributed by atoms with Gasteiger partial charge in [-0.05, 0) is 49.4 Å². The Bertz CT molecular complexity index is 396. The molecule has 2 nitrogen and oxygen atoms in total. The van der Waals surface area contributed by atoms with E-state index in [0.29, 0.717) is 23.3 Å². The van der Waals surface area contributed by atoms with Crippen molar-refractivity contribution >= 4 is 0 Å². The zero-order valence-corrected chi connectivity index (χ0v) is 12.6. The number of nitrogens with one attached hydrogen (secondary N) is 1. The maximum absolute atomic E-state index is 13.2. The largest absolute Gasteiger partial charge is 0.508 e. The van der Waals surface area contributed by atoms with E-state index in [0.717, 1.165) is 6.54 Å². The highest BCUT2D eigenvalue weighted by atomic mass is 19.1. The van der Waals surface area contributed by atoms with Crippen molar-refractivity contribution in [2.45, 2.75) is 40.7 Å². The lowest BCUT2D eigenvalue weighted by Crippen LogP contribution is -2.31. The molecule has 3 heteroatoms. The van der Waals surface area contributed by atoms with Gasteiger partial charge in [0.25, 0.3) is 0 Å². The number of rotatable bonds is 6. The monoisotopic (exact) mass is 267 g/mol. The molecule has 0 aliphatic heterocycles. The molecule has 0 saturated heterocycles. The molecule has 0 aliphatic rings. The summed E-state index contributed by atoms with van der Waals surface area (Å²) < 4.78 is 13.2. The first-order chi connectivity index (χ1) is 8.82. The Balaban J connectivity index is 2.69. The Kier molecular flexibility index (Phi) is 5.80. The molecule has 0 amide bonds. The second-order valence-corrected chi connectivity index (χ2v) is 5.98. The zero-order chi connectivity index (χ0) is 14.6. The lowest BCUT2D eigenvalue weighted by Gasteiger charge is -2.27. The molecular formula is C16H26FNO. The highest BCUT2D eigenvalue weighted by Crippen LogP contribution is 2.26. The van der Waals surface area contributed by atoms with E-state index in [1.807, 2.05) is 6.92 Å². The maximum Gasteiger partial charge on any atom is 0.123 e. The summed E-state index contributed by atoms with van der Waals surface area (Å²) in [6.07, 6.45) is 0. The highest BCUT2D eigenvalue weighted by Gasteiger charge is 2.19. The number of hydrogen-bond donors (Lipinski definition) is 2. The van der Waals surface area contributed by atoms with Crippen LogP contribution in [0.25, 0.3) is 0 Å². The van der Waals surface area contributed by atoms with Crippen molar-refractivity contribution in [3.63, 3.8) is 0 Å². The van der Waals surface area contributed by atoms with Gasteiger partial charge in [0.1, 0.15) is 11.6 Å². The van der Waals surface area contributed by atoms with Gasteiger partial charge in [0, 0.05) is 11.6 Å². The number of hydrogen-bond acceptors (Lipinski definition) is 2. The average Bonchev–Trinajstić information content (AvgIpc) is 2.31. The summed E-state index contributed by atoms with van der Waals surface area (Å²) in [5, 5.41) is 13.2. The Morgan fingerprint density at radius 1 is 1.11 bits per heavy atom. The number of aromatic hydroxyl groups is 1. The maximum atomic E-state index is 13.2. The summed E-state index contributed by atoms with van der Waals surface area (Å²) in [5.74, 6) is 1.59. The predicted molar refractivity (Wildman–Crippen MR) is 77.6 cm³/mol. The van der Waals surface area contributed by atoms with Gasteiger partial charge in [-0.2, -0.15) is 0 Å². The van der Waals surface area contributed by atoms with Crippen molar-refractivity contribution in [1.82, 2.24) is 5.32 Å². The van der Waals surface area contributed by atoms with Gasteiger partial charge in [-0.25, -0.2) is 4.39 Å². The fraction of sp³-hybridized carbons (Fsp3) is 0.625. The van der Waals surface area contributed by atoms with Gasteiger partial charge in [0.15, 0.2) is 0 Å². The molecule has 1 unspecified atom stereocenters.